The first-order chi connectivity index (χ1) is 9.63. The number of thiazole rings is 1. The lowest BCUT2D eigenvalue weighted by molar-refractivity contribution is 0.0702. The van der Waals surface area contributed by atoms with Crippen LogP contribution in [0, 0.1) is 6.92 Å². The van der Waals surface area contributed by atoms with Gasteiger partial charge in [0.05, 0.1) is 11.4 Å². The van der Waals surface area contributed by atoms with Crippen LogP contribution in [0.25, 0.3) is 16.2 Å². The van der Waals surface area contributed by atoms with Gasteiger partial charge in [-0.25, -0.2) is 9.78 Å². The van der Waals surface area contributed by atoms with Crippen molar-refractivity contribution < 1.29 is 9.90 Å². The van der Waals surface area contributed by atoms with Crippen molar-refractivity contribution in [3.8, 4) is 11.3 Å². The lowest BCUT2D eigenvalue weighted by Gasteiger charge is -2.04. The second-order valence-corrected chi connectivity index (χ2v) is 5.54. The van der Waals surface area contributed by atoms with Crippen LogP contribution < -0.4 is 0 Å². The fraction of sp³-hybridized carbons (Fsp3) is 0.200. The molecule has 5 heteroatoms. The van der Waals surface area contributed by atoms with Gasteiger partial charge in [-0.05, 0) is 13.3 Å². The molecule has 4 nitrogen and oxygen atoms in total. The largest absolute Gasteiger partial charge is 0.477 e. The summed E-state index contributed by atoms with van der Waals surface area (Å²) in [6.07, 6.45) is 0.844. The summed E-state index contributed by atoms with van der Waals surface area (Å²) < 4.78 is 1.96. The number of fused-ring (bicyclic) bond motifs is 1. The van der Waals surface area contributed by atoms with Crippen LogP contribution in [0.5, 0.6) is 0 Å². The molecule has 0 aliphatic heterocycles. The van der Waals surface area contributed by atoms with Crippen molar-refractivity contribution in [3.63, 3.8) is 0 Å². The molecule has 2 heterocycles. The molecule has 102 valence electrons. The Bertz CT molecular complexity index is 787. The molecular weight excluding hydrogens is 272 g/mol. The average molecular weight is 286 g/mol. The van der Waals surface area contributed by atoms with E-state index in [4.69, 9.17) is 0 Å². The van der Waals surface area contributed by atoms with E-state index in [1.165, 1.54) is 11.3 Å². The zero-order valence-corrected chi connectivity index (χ0v) is 12.1. The molecule has 0 radical (unpaired) electrons. The molecule has 0 atom stereocenters. The summed E-state index contributed by atoms with van der Waals surface area (Å²) in [6.45, 7) is 4.05. The lowest BCUT2D eigenvalue weighted by atomic mass is 10.1. The Labute approximate surface area is 120 Å². The molecule has 0 aliphatic carbocycles. The molecule has 0 fully saturated rings. The predicted molar refractivity (Wildman–Crippen MR) is 79.6 cm³/mol. The van der Waals surface area contributed by atoms with Crippen LogP contribution in [0.2, 0.25) is 0 Å². The zero-order chi connectivity index (χ0) is 14.3. The van der Waals surface area contributed by atoms with Gasteiger partial charge < -0.3 is 5.11 Å². The fourth-order valence-corrected chi connectivity index (χ4v) is 3.48. The summed E-state index contributed by atoms with van der Waals surface area (Å²) in [6, 6.07) is 9.61. The second kappa shape index (κ2) is 4.76. The molecule has 0 saturated carbocycles. The van der Waals surface area contributed by atoms with Gasteiger partial charge in [0.2, 0.25) is 0 Å². The Morgan fingerprint density at radius 1 is 1.35 bits per heavy atom. The molecule has 0 aliphatic rings. The molecule has 0 unspecified atom stereocenters. The number of hydrogen-bond acceptors (Lipinski definition) is 3. The minimum atomic E-state index is -0.906. The predicted octanol–water partition coefficient (Wildman–Crippen LogP) is 3.63. The number of aryl methyl sites for hydroxylation is 2. The van der Waals surface area contributed by atoms with Gasteiger partial charge >= 0.3 is 5.97 Å². The first-order valence-corrected chi connectivity index (χ1v) is 7.24. The van der Waals surface area contributed by atoms with E-state index in [0.29, 0.717) is 4.88 Å². The maximum Gasteiger partial charge on any atom is 0.348 e. The van der Waals surface area contributed by atoms with Gasteiger partial charge in [-0.3, -0.25) is 4.40 Å². The molecule has 20 heavy (non-hydrogen) atoms. The molecule has 0 amide bonds. The average Bonchev–Trinajstić information content (AvgIpc) is 2.97. The Morgan fingerprint density at radius 3 is 2.65 bits per heavy atom. The standard InChI is InChI=1S/C15H14N2O2S/c1-3-11-9(2)17-12(10-7-5-4-6-8-10)13(14(18)19)20-15(17)16-11/h4-8H,3H2,1-2H3,(H,18,19). The Hall–Kier alpha value is -2.14. The summed E-state index contributed by atoms with van der Waals surface area (Å²) in [5, 5.41) is 9.43. The number of hydrogen-bond donors (Lipinski definition) is 1. The fourth-order valence-electron chi connectivity index (χ4n) is 2.43. The summed E-state index contributed by atoms with van der Waals surface area (Å²) in [4.78, 5) is 17.1. The first-order valence-electron chi connectivity index (χ1n) is 6.43. The van der Waals surface area contributed by atoms with Crippen molar-refractivity contribution in [1.82, 2.24) is 9.38 Å². The minimum Gasteiger partial charge on any atom is -0.477 e. The van der Waals surface area contributed by atoms with E-state index < -0.39 is 5.97 Å². The van der Waals surface area contributed by atoms with Crippen molar-refractivity contribution in [1.29, 1.82) is 0 Å². The maximum absolute atomic E-state index is 11.5. The summed E-state index contributed by atoms with van der Waals surface area (Å²) in [5.41, 5.74) is 3.66. The van der Waals surface area contributed by atoms with Gasteiger partial charge in [-0.1, -0.05) is 48.6 Å². The number of rotatable bonds is 3. The summed E-state index contributed by atoms with van der Waals surface area (Å²) in [5.74, 6) is -0.906. The van der Waals surface area contributed by atoms with Crippen LogP contribution in [-0.2, 0) is 6.42 Å². The number of benzene rings is 1. The highest BCUT2D eigenvalue weighted by molar-refractivity contribution is 7.19. The van der Waals surface area contributed by atoms with Crippen LogP contribution in [0.15, 0.2) is 30.3 Å². The van der Waals surface area contributed by atoms with Crippen LogP contribution >= 0.6 is 11.3 Å². The van der Waals surface area contributed by atoms with E-state index in [9.17, 15) is 9.90 Å². The van der Waals surface area contributed by atoms with Crippen molar-refractivity contribution in [2.24, 2.45) is 0 Å². The second-order valence-electron chi connectivity index (χ2n) is 4.57. The number of carboxylic acid groups (broad SMARTS) is 1. The van der Waals surface area contributed by atoms with E-state index in [1.54, 1.807) is 0 Å². The van der Waals surface area contributed by atoms with Crippen molar-refractivity contribution in [3.05, 3.63) is 46.6 Å². The number of imidazole rings is 1. The SMILES string of the molecule is CCc1nc2sc(C(=O)O)c(-c3ccccc3)n2c1C. The molecule has 1 aromatic carbocycles. The smallest absolute Gasteiger partial charge is 0.348 e. The van der Waals surface area contributed by atoms with Gasteiger partial charge in [-0.2, -0.15) is 0 Å². The monoisotopic (exact) mass is 286 g/mol. The number of nitrogens with zero attached hydrogens (tertiary/aromatic N) is 2. The topological polar surface area (TPSA) is 54.6 Å². The maximum atomic E-state index is 11.5. The van der Waals surface area contributed by atoms with Crippen molar-refractivity contribution >= 4 is 22.3 Å². The highest BCUT2D eigenvalue weighted by Crippen LogP contribution is 2.33. The van der Waals surface area contributed by atoms with Crippen molar-refractivity contribution in [2.45, 2.75) is 20.3 Å². The minimum absolute atomic E-state index is 0.337. The highest BCUT2D eigenvalue weighted by Gasteiger charge is 2.22. The number of aromatic carboxylic acids is 1. The molecular formula is C15H14N2O2S. The molecule has 3 rings (SSSR count). The van der Waals surface area contributed by atoms with Gasteiger partial charge in [0.25, 0.3) is 0 Å². The molecule has 0 saturated heterocycles. The normalized spacial score (nSPS) is 11.1. The number of carboxylic acids is 1. The molecule has 1 N–H and O–H groups in total. The van der Waals surface area contributed by atoms with Crippen LogP contribution in [-0.4, -0.2) is 20.5 Å². The van der Waals surface area contributed by atoms with E-state index in [0.717, 1.165) is 34.0 Å². The molecule has 2 aromatic heterocycles. The Balaban J connectivity index is 2.39. The third-order valence-electron chi connectivity index (χ3n) is 3.38. The third-order valence-corrected chi connectivity index (χ3v) is 4.41. The first kappa shape index (κ1) is 12.9. The highest BCUT2D eigenvalue weighted by atomic mass is 32.1. The van der Waals surface area contributed by atoms with Crippen LogP contribution in [0.3, 0.4) is 0 Å². The van der Waals surface area contributed by atoms with Gasteiger partial charge in [-0.15, -0.1) is 0 Å². The molecule has 3 aromatic rings. The third kappa shape index (κ3) is 1.82. The van der Waals surface area contributed by atoms with E-state index in [2.05, 4.69) is 11.9 Å². The summed E-state index contributed by atoms with van der Waals surface area (Å²) in [7, 11) is 0. The van der Waals surface area contributed by atoms with Gasteiger partial charge in [0.1, 0.15) is 4.88 Å². The Kier molecular flexibility index (Phi) is 3.06. The van der Waals surface area contributed by atoms with Crippen molar-refractivity contribution in [2.75, 3.05) is 0 Å². The van der Waals surface area contributed by atoms with E-state index in [-0.39, 0.29) is 0 Å². The lowest BCUT2D eigenvalue weighted by Crippen LogP contribution is -1.99. The zero-order valence-electron chi connectivity index (χ0n) is 11.3. The number of aromatic nitrogens is 2. The van der Waals surface area contributed by atoms with Gasteiger partial charge in [0.15, 0.2) is 4.96 Å². The quantitative estimate of drug-likeness (QED) is 0.800. The Morgan fingerprint density at radius 2 is 2.05 bits per heavy atom. The molecule has 0 bridgehead atoms. The summed E-state index contributed by atoms with van der Waals surface area (Å²) >= 11 is 1.23. The number of carbonyl (C=O) groups is 1. The van der Waals surface area contributed by atoms with E-state index in [1.807, 2.05) is 41.7 Å². The van der Waals surface area contributed by atoms with Crippen LogP contribution in [0.4, 0.5) is 0 Å². The van der Waals surface area contributed by atoms with Crippen LogP contribution in [0.1, 0.15) is 28.0 Å². The van der Waals surface area contributed by atoms with Gasteiger partial charge in [0, 0.05) is 11.3 Å². The van der Waals surface area contributed by atoms with E-state index >= 15 is 0 Å². The molecule has 0 spiro atoms.